The van der Waals surface area contributed by atoms with E-state index in [2.05, 4.69) is 10.1 Å². The van der Waals surface area contributed by atoms with Crippen LogP contribution in [0.5, 0.6) is 0 Å². The quantitative estimate of drug-likeness (QED) is 0.757. The van der Waals surface area contributed by atoms with Crippen LogP contribution in [0.3, 0.4) is 0 Å². The van der Waals surface area contributed by atoms with Gasteiger partial charge < -0.3 is 10.1 Å². The second-order valence-corrected chi connectivity index (χ2v) is 3.71. The molecule has 0 spiro atoms. The molecule has 96 valence electrons. The highest BCUT2D eigenvalue weighted by Gasteiger charge is 2.25. The molecule has 0 aromatic carbocycles. The van der Waals surface area contributed by atoms with Crippen molar-refractivity contribution in [2.45, 2.75) is 12.8 Å². The Labute approximate surface area is 104 Å². The molecule has 0 aromatic rings. The minimum absolute atomic E-state index is 0.0412. The number of carbonyl (C=O) groups excluding carboxylic acids is 2. The molecule has 18 heavy (non-hydrogen) atoms. The summed E-state index contributed by atoms with van der Waals surface area (Å²) in [6.45, 7) is 0.101. The zero-order chi connectivity index (χ0) is 13.5. The predicted octanol–water partition coefficient (Wildman–Crippen LogP) is 0.989. The standard InChI is InChI=1S/C12H13FN2O3/c1-18-11(16)4-5-15-12(17)9-3-2-8(7-14)6-10(9)13/h2,6,9H,3-5H2,1H3,(H,15,17). The fourth-order valence-electron chi connectivity index (χ4n) is 1.49. The molecule has 0 saturated heterocycles. The Balaban J connectivity index is 2.46. The van der Waals surface area contributed by atoms with E-state index in [0.717, 1.165) is 6.08 Å². The van der Waals surface area contributed by atoms with Crippen molar-refractivity contribution in [1.29, 1.82) is 5.26 Å². The Morgan fingerprint density at radius 1 is 1.67 bits per heavy atom. The molecular weight excluding hydrogens is 239 g/mol. The first-order valence-electron chi connectivity index (χ1n) is 5.40. The number of allylic oxidation sites excluding steroid dienone is 3. The number of esters is 1. The molecule has 1 rings (SSSR count). The number of nitrogens with zero attached hydrogens (tertiary/aromatic N) is 1. The summed E-state index contributed by atoms with van der Waals surface area (Å²) >= 11 is 0. The molecule has 1 aliphatic rings. The second-order valence-electron chi connectivity index (χ2n) is 3.71. The summed E-state index contributed by atoms with van der Waals surface area (Å²) in [6, 6.07) is 1.81. The zero-order valence-electron chi connectivity index (χ0n) is 9.90. The third-order valence-corrected chi connectivity index (χ3v) is 2.50. The summed E-state index contributed by atoms with van der Waals surface area (Å²) < 4.78 is 17.9. The van der Waals surface area contributed by atoms with E-state index in [0.29, 0.717) is 0 Å². The Morgan fingerprint density at radius 2 is 2.39 bits per heavy atom. The van der Waals surface area contributed by atoms with E-state index in [-0.39, 0.29) is 25.0 Å². The number of rotatable bonds is 4. The van der Waals surface area contributed by atoms with Gasteiger partial charge in [0.15, 0.2) is 0 Å². The first-order valence-corrected chi connectivity index (χ1v) is 5.40. The molecule has 1 unspecified atom stereocenters. The van der Waals surface area contributed by atoms with Crippen LogP contribution in [0.2, 0.25) is 0 Å². The number of hydrogen-bond acceptors (Lipinski definition) is 4. The summed E-state index contributed by atoms with van der Waals surface area (Å²) in [6.07, 6.45) is 2.75. The van der Waals surface area contributed by atoms with Crippen molar-refractivity contribution in [3.8, 4) is 6.07 Å². The van der Waals surface area contributed by atoms with Gasteiger partial charge in [-0.15, -0.1) is 0 Å². The number of amides is 1. The number of carbonyl (C=O) groups is 2. The molecular formula is C12H13FN2O3. The van der Waals surface area contributed by atoms with E-state index < -0.39 is 23.6 Å². The number of halogens is 1. The Morgan fingerprint density at radius 3 is 2.94 bits per heavy atom. The molecule has 1 amide bonds. The first-order chi connectivity index (χ1) is 8.58. The van der Waals surface area contributed by atoms with Crippen molar-refractivity contribution in [2.75, 3.05) is 13.7 Å². The van der Waals surface area contributed by atoms with Crippen molar-refractivity contribution < 1.29 is 18.7 Å². The van der Waals surface area contributed by atoms with Crippen LogP contribution in [-0.4, -0.2) is 25.5 Å². The molecule has 0 fully saturated rings. The van der Waals surface area contributed by atoms with Gasteiger partial charge in [-0.3, -0.25) is 9.59 Å². The maximum atomic E-state index is 13.5. The third-order valence-electron chi connectivity index (χ3n) is 2.50. The van der Waals surface area contributed by atoms with Crippen LogP contribution >= 0.6 is 0 Å². The minimum atomic E-state index is -0.917. The second kappa shape index (κ2) is 6.55. The summed E-state index contributed by atoms with van der Waals surface area (Å²) in [5, 5.41) is 11.0. The van der Waals surface area contributed by atoms with Gasteiger partial charge in [0.05, 0.1) is 31.1 Å². The van der Waals surface area contributed by atoms with Gasteiger partial charge in [-0.1, -0.05) is 6.08 Å². The van der Waals surface area contributed by atoms with Crippen LogP contribution in [0, 0.1) is 17.2 Å². The lowest BCUT2D eigenvalue weighted by Gasteiger charge is -2.16. The lowest BCUT2D eigenvalue weighted by molar-refractivity contribution is -0.140. The lowest BCUT2D eigenvalue weighted by atomic mass is 9.95. The molecule has 1 aliphatic carbocycles. The van der Waals surface area contributed by atoms with E-state index in [1.165, 1.54) is 13.2 Å². The van der Waals surface area contributed by atoms with Crippen LogP contribution < -0.4 is 5.32 Å². The van der Waals surface area contributed by atoms with Crippen molar-refractivity contribution in [3.05, 3.63) is 23.6 Å². The van der Waals surface area contributed by atoms with Crippen LogP contribution in [0.25, 0.3) is 0 Å². The molecule has 1 N–H and O–H groups in total. The van der Waals surface area contributed by atoms with Crippen LogP contribution in [0.4, 0.5) is 4.39 Å². The summed E-state index contributed by atoms with van der Waals surface area (Å²) in [5.74, 6) is -2.49. The van der Waals surface area contributed by atoms with Gasteiger partial charge >= 0.3 is 5.97 Å². The number of hydrogen-bond donors (Lipinski definition) is 1. The Bertz CT molecular complexity index is 449. The van der Waals surface area contributed by atoms with Crippen molar-refractivity contribution in [2.24, 2.45) is 5.92 Å². The van der Waals surface area contributed by atoms with Crippen LogP contribution in [0.15, 0.2) is 23.6 Å². The van der Waals surface area contributed by atoms with E-state index in [1.807, 2.05) is 6.07 Å². The first kappa shape index (κ1) is 13.9. The smallest absolute Gasteiger partial charge is 0.307 e. The molecule has 1 atom stereocenters. The topological polar surface area (TPSA) is 79.2 Å². The molecule has 0 radical (unpaired) electrons. The minimum Gasteiger partial charge on any atom is -0.469 e. The zero-order valence-corrected chi connectivity index (χ0v) is 9.90. The lowest BCUT2D eigenvalue weighted by Crippen LogP contribution is -2.33. The summed E-state index contributed by atoms with van der Waals surface area (Å²) in [4.78, 5) is 22.4. The molecule has 0 saturated carbocycles. The van der Waals surface area contributed by atoms with Gasteiger partial charge in [-0.25, -0.2) is 4.39 Å². The van der Waals surface area contributed by atoms with Gasteiger partial charge in [0.25, 0.3) is 0 Å². The maximum Gasteiger partial charge on any atom is 0.307 e. The Hall–Kier alpha value is -2.16. The predicted molar refractivity (Wildman–Crippen MR) is 60.6 cm³/mol. The molecule has 5 nitrogen and oxygen atoms in total. The third kappa shape index (κ3) is 3.70. The average molecular weight is 252 g/mol. The summed E-state index contributed by atoms with van der Waals surface area (Å²) in [5.41, 5.74) is 0.214. The molecule has 0 aliphatic heterocycles. The van der Waals surface area contributed by atoms with Gasteiger partial charge in [-0.2, -0.15) is 5.26 Å². The molecule has 6 heteroatoms. The highest BCUT2D eigenvalue weighted by atomic mass is 19.1. The normalized spacial score (nSPS) is 18.2. The molecule has 0 bridgehead atoms. The van der Waals surface area contributed by atoms with Crippen molar-refractivity contribution in [3.63, 3.8) is 0 Å². The van der Waals surface area contributed by atoms with Crippen molar-refractivity contribution in [1.82, 2.24) is 5.32 Å². The van der Waals surface area contributed by atoms with Gasteiger partial charge in [-0.05, 0) is 12.5 Å². The van der Waals surface area contributed by atoms with Crippen molar-refractivity contribution >= 4 is 11.9 Å². The van der Waals surface area contributed by atoms with Crippen LogP contribution in [0.1, 0.15) is 12.8 Å². The molecule has 0 heterocycles. The fourth-order valence-corrected chi connectivity index (χ4v) is 1.49. The number of methoxy groups -OCH3 is 1. The maximum absolute atomic E-state index is 13.5. The monoisotopic (exact) mass is 252 g/mol. The fraction of sp³-hybridized carbons (Fsp3) is 0.417. The Kier molecular flexibility index (Phi) is 5.06. The average Bonchev–Trinajstić information content (AvgIpc) is 2.37. The molecule has 0 aromatic heterocycles. The number of nitrogens with one attached hydrogen (secondary N) is 1. The SMILES string of the molecule is COC(=O)CCNC(=O)C1CC=C(C#N)C=C1F. The van der Waals surface area contributed by atoms with E-state index in [4.69, 9.17) is 5.26 Å². The van der Waals surface area contributed by atoms with Gasteiger partial charge in [0.1, 0.15) is 5.83 Å². The highest BCUT2D eigenvalue weighted by Crippen LogP contribution is 2.24. The van der Waals surface area contributed by atoms with Gasteiger partial charge in [0.2, 0.25) is 5.91 Å². The van der Waals surface area contributed by atoms with E-state index >= 15 is 0 Å². The van der Waals surface area contributed by atoms with Gasteiger partial charge in [0, 0.05) is 6.54 Å². The van der Waals surface area contributed by atoms with E-state index in [9.17, 15) is 14.0 Å². The largest absolute Gasteiger partial charge is 0.469 e. The summed E-state index contributed by atoms with van der Waals surface area (Å²) in [7, 11) is 1.25. The van der Waals surface area contributed by atoms with E-state index in [1.54, 1.807) is 0 Å². The number of nitriles is 1. The van der Waals surface area contributed by atoms with Crippen LogP contribution in [-0.2, 0) is 14.3 Å². The highest BCUT2D eigenvalue weighted by molar-refractivity contribution is 5.82. The number of ether oxygens (including phenoxy) is 1.